The number of rotatable bonds is 13. The molecular weight excluding hydrogens is 503 g/mol. The van der Waals surface area contributed by atoms with E-state index in [0.717, 1.165) is 83.7 Å². The average molecular weight is 554 g/mol. The Bertz CT molecular complexity index is 587. The summed E-state index contributed by atoms with van der Waals surface area (Å²) in [5.41, 5.74) is -0.528. The van der Waals surface area contributed by atoms with Crippen LogP contribution in [0.25, 0.3) is 0 Å². The molecule has 7 heteroatoms. The Balaban J connectivity index is 1.46. The van der Waals surface area contributed by atoms with Crippen molar-refractivity contribution in [2.45, 2.75) is 144 Å². The number of hydrogen-bond donors (Lipinski definition) is 4. The van der Waals surface area contributed by atoms with E-state index in [2.05, 4.69) is 17.6 Å². The molecule has 206 valence electrons. The lowest BCUT2D eigenvalue weighted by molar-refractivity contribution is -0.0427. The lowest BCUT2D eigenvalue weighted by Gasteiger charge is -2.38. The van der Waals surface area contributed by atoms with E-state index in [-0.39, 0.29) is 10.8 Å². The first-order valence-corrected chi connectivity index (χ1v) is 15.9. The average Bonchev–Trinajstić information content (AvgIpc) is 2.86. The second kappa shape index (κ2) is 15.3. The molecule has 3 saturated carbocycles. The predicted molar refractivity (Wildman–Crippen MR) is 150 cm³/mol. The second-order valence-corrected chi connectivity index (χ2v) is 13.6. The number of halogens is 3. The molecule has 0 aromatic carbocycles. The van der Waals surface area contributed by atoms with Gasteiger partial charge < -0.3 is 15.5 Å². The minimum absolute atomic E-state index is 0.0185. The highest BCUT2D eigenvalue weighted by molar-refractivity contribution is 6.30. The Labute approximate surface area is 229 Å². The number of aliphatic hydroxyl groups is 2. The number of nitrogens with one attached hydrogen (secondary N) is 2. The van der Waals surface area contributed by atoms with Crippen LogP contribution in [0.1, 0.15) is 110 Å². The maximum absolute atomic E-state index is 11.3. The number of alkyl halides is 3. The molecule has 0 radical (unpaired) electrons. The van der Waals surface area contributed by atoms with E-state index < -0.39 is 11.8 Å². The fourth-order valence-electron chi connectivity index (χ4n) is 6.96. The SMILES string of the molecule is CCC(O)(CCNCCC(CC(O)NC1CCC(Cl)CC1)C1CCC(Cl)C(Cl)C1)C1CCCCC1. The summed E-state index contributed by atoms with van der Waals surface area (Å²) in [5.74, 6) is 1.36. The van der Waals surface area contributed by atoms with Gasteiger partial charge in [0, 0.05) is 16.8 Å². The molecule has 35 heavy (non-hydrogen) atoms. The van der Waals surface area contributed by atoms with Crippen molar-refractivity contribution in [3.63, 3.8) is 0 Å². The minimum Gasteiger partial charge on any atom is -0.390 e. The maximum atomic E-state index is 11.3. The van der Waals surface area contributed by atoms with Gasteiger partial charge in [-0.25, -0.2) is 0 Å². The Hall–Kier alpha value is 0.710. The van der Waals surface area contributed by atoms with E-state index in [9.17, 15) is 10.2 Å². The van der Waals surface area contributed by atoms with Crippen molar-refractivity contribution in [3.05, 3.63) is 0 Å². The monoisotopic (exact) mass is 552 g/mol. The maximum Gasteiger partial charge on any atom is 0.105 e. The van der Waals surface area contributed by atoms with Crippen LogP contribution in [0, 0.1) is 17.8 Å². The molecule has 3 fully saturated rings. The molecule has 6 atom stereocenters. The zero-order valence-electron chi connectivity index (χ0n) is 21.9. The van der Waals surface area contributed by atoms with Crippen LogP contribution in [0.2, 0.25) is 0 Å². The number of aliphatic hydroxyl groups excluding tert-OH is 1. The molecule has 0 amide bonds. The standard InChI is InChI=1S/C28H51Cl3N2O2/c1-2-28(35,22-6-4-3-5-7-22)15-17-32-16-14-21(20-8-13-25(30)26(31)18-20)19-27(34)33-24-11-9-23(29)10-12-24/h20-27,32-35H,2-19H2,1H3. The van der Waals surface area contributed by atoms with Crippen molar-refractivity contribution >= 4 is 34.8 Å². The molecule has 3 rings (SSSR count). The van der Waals surface area contributed by atoms with Gasteiger partial charge in [0.2, 0.25) is 0 Å². The predicted octanol–water partition coefficient (Wildman–Crippen LogP) is 6.56. The van der Waals surface area contributed by atoms with Crippen LogP contribution >= 0.6 is 34.8 Å². The molecule has 0 aromatic heterocycles. The van der Waals surface area contributed by atoms with Crippen molar-refractivity contribution in [2.24, 2.45) is 17.8 Å². The fraction of sp³-hybridized carbons (Fsp3) is 1.00. The van der Waals surface area contributed by atoms with Crippen molar-refractivity contribution in [3.8, 4) is 0 Å². The van der Waals surface area contributed by atoms with Crippen LogP contribution in [0.4, 0.5) is 0 Å². The van der Waals surface area contributed by atoms with Gasteiger partial charge in [-0.05, 0) is 114 Å². The Morgan fingerprint density at radius 2 is 1.60 bits per heavy atom. The summed E-state index contributed by atoms with van der Waals surface area (Å²) >= 11 is 19.2. The molecule has 3 aliphatic carbocycles. The van der Waals surface area contributed by atoms with Gasteiger partial charge in [-0.3, -0.25) is 5.32 Å². The van der Waals surface area contributed by atoms with E-state index in [1.807, 2.05) is 0 Å². The molecule has 0 aliphatic heterocycles. The molecule has 0 heterocycles. The zero-order chi connectivity index (χ0) is 25.3. The summed E-state index contributed by atoms with van der Waals surface area (Å²) in [4.78, 5) is 0. The third-order valence-electron chi connectivity index (χ3n) is 9.42. The van der Waals surface area contributed by atoms with Crippen LogP contribution in [0.3, 0.4) is 0 Å². The third kappa shape index (κ3) is 9.75. The summed E-state index contributed by atoms with van der Waals surface area (Å²) < 4.78 is 0. The molecule has 6 unspecified atom stereocenters. The van der Waals surface area contributed by atoms with Crippen LogP contribution < -0.4 is 10.6 Å². The van der Waals surface area contributed by atoms with Gasteiger partial charge in [0.05, 0.1) is 11.0 Å². The highest BCUT2D eigenvalue weighted by Crippen LogP contribution is 2.39. The first kappa shape index (κ1) is 30.3. The van der Waals surface area contributed by atoms with Crippen molar-refractivity contribution in [1.82, 2.24) is 10.6 Å². The van der Waals surface area contributed by atoms with Gasteiger partial charge in [-0.2, -0.15) is 0 Å². The van der Waals surface area contributed by atoms with Crippen LogP contribution in [0.5, 0.6) is 0 Å². The Kier molecular flexibility index (Phi) is 13.3. The van der Waals surface area contributed by atoms with Gasteiger partial charge in [0.15, 0.2) is 0 Å². The first-order valence-electron chi connectivity index (χ1n) is 14.6. The van der Waals surface area contributed by atoms with Gasteiger partial charge in [-0.1, -0.05) is 26.2 Å². The van der Waals surface area contributed by atoms with Gasteiger partial charge in [0.1, 0.15) is 6.23 Å². The Morgan fingerprint density at radius 1 is 0.886 bits per heavy atom. The first-order chi connectivity index (χ1) is 16.8. The highest BCUT2D eigenvalue weighted by Gasteiger charge is 2.36. The molecular formula is C28H51Cl3N2O2. The van der Waals surface area contributed by atoms with Crippen molar-refractivity contribution < 1.29 is 10.2 Å². The van der Waals surface area contributed by atoms with E-state index in [1.165, 1.54) is 32.1 Å². The van der Waals surface area contributed by atoms with Gasteiger partial charge in [-0.15, -0.1) is 34.8 Å². The van der Waals surface area contributed by atoms with Crippen molar-refractivity contribution in [2.75, 3.05) is 13.1 Å². The van der Waals surface area contributed by atoms with Gasteiger partial charge in [0.25, 0.3) is 0 Å². The summed E-state index contributed by atoms with van der Waals surface area (Å²) in [6.45, 7) is 3.89. The second-order valence-electron chi connectivity index (χ2n) is 11.8. The Morgan fingerprint density at radius 3 is 2.26 bits per heavy atom. The molecule has 0 spiro atoms. The summed E-state index contributed by atoms with van der Waals surface area (Å²) in [6, 6.07) is 0.365. The van der Waals surface area contributed by atoms with E-state index >= 15 is 0 Å². The van der Waals surface area contributed by atoms with Crippen LogP contribution in [0.15, 0.2) is 0 Å². The minimum atomic E-state index is -0.528. The normalized spacial score (nSPS) is 34.3. The smallest absolute Gasteiger partial charge is 0.105 e. The van der Waals surface area contributed by atoms with Crippen LogP contribution in [-0.2, 0) is 0 Å². The molecule has 3 aliphatic rings. The largest absolute Gasteiger partial charge is 0.390 e. The summed E-state index contributed by atoms with van der Waals surface area (Å²) in [6.07, 6.45) is 16.2. The zero-order valence-corrected chi connectivity index (χ0v) is 24.1. The van der Waals surface area contributed by atoms with E-state index in [0.29, 0.717) is 29.2 Å². The fourth-order valence-corrected chi connectivity index (χ4v) is 7.79. The molecule has 4 nitrogen and oxygen atoms in total. The van der Waals surface area contributed by atoms with Gasteiger partial charge >= 0.3 is 0 Å². The van der Waals surface area contributed by atoms with E-state index in [4.69, 9.17) is 34.8 Å². The van der Waals surface area contributed by atoms with Crippen LogP contribution in [-0.4, -0.2) is 57.3 Å². The lowest BCUT2D eigenvalue weighted by atomic mass is 9.74. The number of hydrogen-bond acceptors (Lipinski definition) is 4. The quantitative estimate of drug-likeness (QED) is 0.118. The summed E-state index contributed by atoms with van der Waals surface area (Å²) in [7, 11) is 0. The molecule has 0 saturated heterocycles. The highest BCUT2D eigenvalue weighted by atomic mass is 35.5. The lowest BCUT2D eigenvalue weighted by Crippen LogP contribution is -2.43. The third-order valence-corrected chi connectivity index (χ3v) is 11.0. The topological polar surface area (TPSA) is 64.5 Å². The van der Waals surface area contributed by atoms with Crippen molar-refractivity contribution in [1.29, 1.82) is 0 Å². The molecule has 0 bridgehead atoms. The molecule has 0 aromatic rings. The molecule has 4 N–H and O–H groups in total. The van der Waals surface area contributed by atoms with E-state index in [1.54, 1.807) is 0 Å². The summed E-state index contributed by atoms with van der Waals surface area (Å²) in [5, 5.41) is 29.7.